The Balaban J connectivity index is 2.46. The van der Waals surface area contributed by atoms with Gasteiger partial charge in [-0.15, -0.1) is 0 Å². The molecule has 1 aliphatic heterocycles. The summed E-state index contributed by atoms with van der Waals surface area (Å²) in [5.41, 5.74) is -0.170. The van der Waals surface area contributed by atoms with Crippen LogP contribution in [0.25, 0.3) is 0 Å². The first-order valence-electron chi connectivity index (χ1n) is 8.53. The molecule has 0 spiro atoms. The maximum Gasteiger partial charge on any atom is 0.494 e. The van der Waals surface area contributed by atoms with Gasteiger partial charge >= 0.3 is 14.7 Å². The highest BCUT2D eigenvalue weighted by molar-refractivity contribution is 7.62. The molecule has 25 heavy (non-hydrogen) atoms. The molecular formula is C17H28BO6P. The first-order chi connectivity index (χ1) is 11.6. The minimum Gasteiger partial charge on any atom is -0.496 e. The lowest BCUT2D eigenvalue weighted by atomic mass is 9.79. The smallest absolute Gasteiger partial charge is 0.494 e. The summed E-state index contributed by atoms with van der Waals surface area (Å²) in [5, 5.41) is 0.380. The lowest BCUT2D eigenvalue weighted by Gasteiger charge is -2.32. The predicted octanol–water partition coefficient (Wildman–Crippen LogP) is 2.89. The lowest BCUT2D eigenvalue weighted by Crippen LogP contribution is -2.41. The van der Waals surface area contributed by atoms with E-state index < -0.39 is 25.9 Å². The molecule has 0 aliphatic carbocycles. The number of hydrogen-bond donors (Lipinski definition) is 0. The molecule has 1 saturated heterocycles. The number of rotatable bonds is 7. The molecule has 0 aromatic heterocycles. The van der Waals surface area contributed by atoms with Crippen molar-refractivity contribution in [2.24, 2.45) is 0 Å². The van der Waals surface area contributed by atoms with Crippen LogP contribution in [0, 0.1) is 0 Å². The topological polar surface area (TPSA) is 63.2 Å². The van der Waals surface area contributed by atoms with Crippen LogP contribution in [0.4, 0.5) is 0 Å². The molecule has 6 nitrogen and oxygen atoms in total. The van der Waals surface area contributed by atoms with Gasteiger partial charge in [0.15, 0.2) is 0 Å². The van der Waals surface area contributed by atoms with Crippen molar-refractivity contribution >= 4 is 25.5 Å². The highest BCUT2D eigenvalue weighted by Crippen LogP contribution is 2.49. The van der Waals surface area contributed by atoms with Crippen molar-refractivity contribution in [2.75, 3.05) is 20.3 Å². The minimum atomic E-state index is -3.49. The van der Waals surface area contributed by atoms with E-state index in [2.05, 4.69) is 0 Å². The van der Waals surface area contributed by atoms with Gasteiger partial charge in [0.25, 0.3) is 0 Å². The second-order valence-electron chi connectivity index (χ2n) is 6.85. The molecule has 1 aromatic carbocycles. The molecule has 1 aromatic rings. The van der Waals surface area contributed by atoms with E-state index in [-0.39, 0.29) is 13.2 Å². The van der Waals surface area contributed by atoms with Gasteiger partial charge in [-0.25, -0.2) is 0 Å². The summed E-state index contributed by atoms with van der Waals surface area (Å²) >= 11 is 0. The Hall–Kier alpha value is -0.845. The Morgan fingerprint density at radius 2 is 1.56 bits per heavy atom. The molecule has 2 rings (SSSR count). The summed E-state index contributed by atoms with van der Waals surface area (Å²) in [6.45, 7) is 12.0. The second-order valence-corrected chi connectivity index (χ2v) is 8.85. The van der Waals surface area contributed by atoms with E-state index in [9.17, 15) is 4.57 Å². The van der Waals surface area contributed by atoms with Gasteiger partial charge in [0.05, 0.1) is 31.5 Å². The molecular weight excluding hydrogens is 342 g/mol. The van der Waals surface area contributed by atoms with Crippen LogP contribution in [0.2, 0.25) is 0 Å². The fourth-order valence-electron chi connectivity index (χ4n) is 2.56. The fraction of sp³-hybridized carbons (Fsp3) is 0.647. The molecule has 0 amide bonds. The largest absolute Gasteiger partial charge is 0.496 e. The first kappa shape index (κ1) is 20.5. The summed E-state index contributed by atoms with van der Waals surface area (Å²) < 4.78 is 41.7. The zero-order valence-electron chi connectivity index (χ0n) is 16.1. The lowest BCUT2D eigenvalue weighted by molar-refractivity contribution is 0.00578. The highest BCUT2D eigenvalue weighted by Gasteiger charge is 2.52. The van der Waals surface area contributed by atoms with Crippen molar-refractivity contribution in [3.63, 3.8) is 0 Å². The third-order valence-electron chi connectivity index (χ3n) is 4.62. The molecule has 8 heteroatoms. The van der Waals surface area contributed by atoms with Crippen molar-refractivity contribution < 1.29 is 27.7 Å². The van der Waals surface area contributed by atoms with Crippen molar-refractivity contribution in [1.29, 1.82) is 0 Å². The van der Waals surface area contributed by atoms with E-state index in [4.69, 9.17) is 23.1 Å². The van der Waals surface area contributed by atoms with Crippen LogP contribution >= 0.6 is 7.60 Å². The van der Waals surface area contributed by atoms with E-state index >= 15 is 0 Å². The van der Waals surface area contributed by atoms with Crippen molar-refractivity contribution in [3.8, 4) is 5.75 Å². The van der Waals surface area contributed by atoms with E-state index in [1.54, 1.807) is 26.0 Å². The number of benzene rings is 1. The molecule has 1 aliphatic rings. The van der Waals surface area contributed by atoms with Crippen LogP contribution in [0.5, 0.6) is 5.75 Å². The quantitative estimate of drug-likeness (QED) is 0.543. The zero-order valence-corrected chi connectivity index (χ0v) is 17.0. The summed E-state index contributed by atoms with van der Waals surface area (Å²) in [6.07, 6.45) is 0. The van der Waals surface area contributed by atoms with Gasteiger partial charge in [0, 0.05) is 0 Å². The minimum absolute atomic E-state index is 0.265. The fourth-order valence-corrected chi connectivity index (χ4v) is 4.34. The van der Waals surface area contributed by atoms with Gasteiger partial charge < -0.3 is 23.1 Å². The number of methoxy groups -OCH3 is 1. The third-order valence-corrected chi connectivity index (χ3v) is 6.76. The molecule has 0 unspecified atom stereocenters. The Bertz CT molecular complexity index is 635. The van der Waals surface area contributed by atoms with Gasteiger partial charge in [-0.05, 0) is 59.1 Å². The molecule has 0 N–H and O–H groups in total. The summed E-state index contributed by atoms with van der Waals surface area (Å²) in [5.74, 6) is 0.450. The van der Waals surface area contributed by atoms with Crippen LogP contribution in [0.15, 0.2) is 18.2 Å². The molecule has 0 atom stereocenters. The normalized spacial score (nSPS) is 19.2. The molecule has 140 valence electrons. The Kier molecular flexibility index (Phi) is 6.07. The van der Waals surface area contributed by atoms with Gasteiger partial charge in [0.1, 0.15) is 11.1 Å². The summed E-state index contributed by atoms with van der Waals surface area (Å²) in [7, 11) is -2.53. The Morgan fingerprint density at radius 3 is 2.00 bits per heavy atom. The van der Waals surface area contributed by atoms with Crippen LogP contribution in [-0.4, -0.2) is 38.6 Å². The average molecular weight is 370 g/mol. The molecule has 1 fully saturated rings. The van der Waals surface area contributed by atoms with E-state index in [0.29, 0.717) is 11.1 Å². The highest BCUT2D eigenvalue weighted by atomic mass is 31.2. The third kappa shape index (κ3) is 3.96. The van der Waals surface area contributed by atoms with Gasteiger partial charge in [-0.1, -0.05) is 6.07 Å². The summed E-state index contributed by atoms with van der Waals surface area (Å²) in [4.78, 5) is 0. The Labute approximate surface area is 150 Å². The number of ether oxygens (including phenoxy) is 1. The van der Waals surface area contributed by atoms with E-state index in [0.717, 1.165) is 5.46 Å². The maximum atomic E-state index is 13.2. The van der Waals surface area contributed by atoms with Gasteiger partial charge in [0.2, 0.25) is 0 Å². The van der Waals surface area contributed by atoms with E-state index in [1.165, 1.54) is 7.11 Å². The first-order valence-corrected chi connectivity index (χ1v) is 10.1. The number of hydrogen-bond acceptors (Lipinski definition) is 6. The van der Waals surface area contributed by atoms with Crippen LogP contribution < -0.4 is 15.5 Å². The molecule has 0 radical (unpaired) electrons. The average Bonchev–Trinajstić information content (AvgIpc) is 2.75. The second kappa shape index (κ2) is 7.41. The molecule has 1 heterocycles. The van der Waals surface area contributed by atoms with Crippen LogP contribution in [0.1, 0.15) is 41.5 Å². The maximum absolute atomic E-state index is 13.2. The summed E-state index contributed by atoms with van der Waals surface area (Å²) in [6, 6.07) is 5.31. The monoisotopic (exact) mass is 370 g/mol. The van der Waals surface area contributed by atoms with Crippen molar-refractivity contribution in [2.45, 2.75) is 52.7 Å². The van der Waals surface area contributed by atoms with Crippen molar-refractivity contribution in [1.82, 2.24) is 0 Å². The van der Waals surface area contributed by atoms with Crippen molar-refractivity contribution in [3.05, 3.63) is 18.2 Å². The van der Waals surface area contributed by atoms with Gasteiger partial charge in [-0.2, -0.15) is 0 Å². The van der Waals surface area contributed by atoms with Gasteiger partial charge in [-0.3, -0.25) is 4.57 Å². The molecule has 0 bridgehead atoms. The van der Waals surface area contributed by atoms with Crippen LogP contribution in [0.3, 0.4) is 0 Å². The molecule has 0 saturated carbocycles. The van der Waals surface area contributed by atoms with Crippen LogP contribution in [-0.2, 0) is 22.9 Å². The standard InChI is InChI=1S/C17H28BO6P/c1-8-21-25(19,22-9-2)15-12-13(10-11-14(15)20-7)18-23-16(3,4)17(5,6)24-18/h10-12H,8-9H2,1-7H3. The SMILES string of the molecule is CCOP(=O)(OCC)c1cc(B2OC(C)(C)C(C)(C)O2)ccc1OC. The zero-order chi connectivity index (χ0) is 18.9. The predicted molar refractivity (Wildman–Crippen MR) is 99.2 cm³/mol. The Morgan fingerprint density at radius 1 is 1.04 bits per heavy atom. The van der Waals surface area contributed by atoms with E-state index in [1.807, 2.05) is 33.8 Å².